The van der Waals surface area contributed by atoms with Crippen LogP contribution in [-0.4, -0.2) is 17.6 Å². The van der Waals surface area contributed by atoms with Crippen molar-refractivity contribution in [2.45, 2.75) is 19.9 Å². The summed E-state index contributed by atoms with van der Waals surface area (Å²) in [7, 11) is 0. The lowest BCUT2D eigenvalue weighted by molar-refractivity contribution is 0.0526. The van der Waals surface area contributed by atoms with Crippen LogP contribution in [0, 0.1) is 0 Å². The lowest BCUT2D eigenvalue weighted by atomic mass is 10.1. The largest absolute Gasteiger partial charge is 0.462 e. The number of esters is 1. The average molecular weight is 349 g/mol. The third-order valence-corrected chi connectivity index (χ3v) is 3.64. The first-order chi connectivity index (χ1) is 10.1. The van der Waals surface area contributed by atoms with Gasteiger partial charge in [0.15, 0.2) is 0 Å². The van der Waals surface area contributed by atoms with Gasteiger partial charge in [-0.1, -0.05) is 6.07 Å². The maximum Gasteiger partial charge on any atom is 0.338 e. The molecule has 0 spiro atoms. The molecule has 0 aliphatic carbocycles. The first-order valence-corrected chi connectivity index (χ1v) is 7.55. The van der Waals surface area contributed by atoms with Gasteiger partial charge in [0.25, 0.3) is 0 Å². The van der Waals surface area contributed by atoms with Crippen LogP contribution < -0.4 is 5.32 Å². The zero-order chi connectivity index (χ0) is 15.2. The van der Waals surface area contributed by atoms with Crippen LogP contribution >= 0.6 is 15.9 Å². The molecule has 0 fully saturated rings. The van der Waals surface area contributed by atoms with Crippen molar-refractivity contribution in [3.8, 4) is 0 Å². The fraction of sp³-hybridized carbons (Fsp3) is 0.250. The fourth-order valence-corrected chi connectivity index (χ4v) is 2.41. The Morgan fingerprint density at radius 3 is 2.81 bits per heavy atom. The van der Waals surface area contributed by atoms with Crippen LogP contribution in [0.5, 0.6) is 0 Å². The number of halogens is 1. The van der Waals surface area contributed by atoms with E-state index in [0.29, 0.717) is 12.2 Å². The van der Waals surface area contributed by atoms with Gasteiger partial charge in [-0.2, -0.15) is 0 Å². The van der Waals surface area contributed by atoms with Crippen LogP contribution in [0.3, 0.4) is 0 Å². The highest BCUT2D eigenvalue weighted by Crippen LogP contribution is 2.27. The standard InChI is InChI=1S/C16H17BrN2O2/c1-3-21-16(20)12-7-8-15(13(17)10-12)19-11(2)14-6-4-5-9-18-14/h4-11,19H,3H2,1-2H3. The molecule has 1 aromatic carbocycles. The lowest BCUT2D eigenvalue weighted by Crippen LogP contribution is -2.09. The number of pyridine rings is 1. The molecule has 0 saturated heterocycles. The number of carbonyl (C=O) groups is 1. The Morgan fingerprint density at radius 2 is 2.19 bits per heavy atom. The van der Waals surface area contributed by atoms with Crippen LogP contribution in [0.15, 0.2) is 47.1 Å². The SMILES string of the molecule is CCOC(=O)c1ccc(NC(C)c2ccccn2)c(Br)c1. The molecular weight excluding hydrogens is 332 g/mol. The first-order valence-electron chi connectivity index (χ1n) is 6.76. The monoisotopic (exact) mass is 348 g/mol. The maximum atomic E-state index is 11.7. The molecular formula is C16H17BrN2O2. The van der Waals surface area contributed by atoms with E-state index in [2.05, 4.69) is 26.2 Å². The van der Waals surface area contributed by atoms with E-state index in [1.807, 2.05) is 31.2 Å². The van der Waals surface area contributed by atoms with Crippen LogP contribution in [0.1, 0.15) is 35.9 Å². The smallest absolute Gasteiger partial charge is 0.338 e. The first kappa shape index (κ1) is 15.5. The molecule has 2 aromatic rings. The van der Waals surface area contributed by atoms with Gasteiger partial charge in [-0.25, -0.2) is 4.79 Å². The van der Waals surface area contributed by atoms with Gasteiger partial charge >= 0.3 is 5.97 Å². The van der Waals surface area contributed by atoms with E-state index in [4.69, 9.17) is 4.74 Å². The number of hydrogen-bond donors (Lipinski definition) is 1. The average Bonchev–Trinajstić information content (AvgIpc) is 2.50. The van der Waals surface area contributed by atoms with Crippen molar-refractivity contribution >= 4 is 27.6 Å². The molecule has 21 heavy (non-hydrogen) atoms. The molecule has 0 aliphatic heterocycles. The molecule has 1 N–H and O–H groups in total. The van der Waals surface area contributed by atoms with Crippen molar-refractivity contribution in [2.75, 3.05) is 11.9 Å². The van der Waals surface area contributed by atoms with Gasteiger partial charge in [-0.05, 0) is 60.1 Å². The Morgan fingerprint density at radius 1 is 1.38 bits per heavy atom. The van der Waals surface area contributed by atoms with E-state index in [1.165, 1.54) is 0 Å². The summed E-state index contributed by atoms with van der Waals surface area (Å²) >= 11 is 3.48. The highest BCUT2D eigenvalue weighted by molar-refractivity contribution is 9.10. The third kappa shape index (κ3) is 4.04. The minimum atomic E-state index is -0.317. The van der Waals surface area contributed by atoms with Crippen molar-refractivity contribution < 1.29 is 9.53 Å². The molecule has 2 rings (SSSR count). The zero-order valence-corrected chi connectivity index (χ0v) is 13.6. The molecule has 0 aliphatic rings. The lowest BCUT2D eigenvalue weighted by Gasteiger charge is -2.16. The summed E-state index contributed by atoms with van der Waals surface area (Å²) in [5.41, 5.74) is 2.39. The number of benzene rings is 1. The van der Waals surface area contributed by atoms with E-state index in [1.54, 1.807) is 25.3 Å². The van der Waals surface area contributed by atoms with Gasteiger partial charge in [0.2, 0.25) is 0 Å². The molecule has 0 bridgehead atoms. The van der Waals surface area contributed by atoms with E-state index in [9.17, 15) is 4.79 Å². The molecule has 0 radical (unpaired) electrons. The fourth-order valence-electron chi connectivity index (χ4n) is 1.91. The molecule has 1 unspecified atom stereocenters. The predicted octanol–water partition coefficient (Wildman–Crippen LogP) is 4.19. The van der Waals surface area contributed by atoms with Crippen LogP contribution in [-0.2, 0) is 4.74 Å². The number of carbonyl (C=O) groups excluding carboxylic acids is 1. The normalized spacial score (nSPS) is 11.8. The van der Waals surface area contributed by atoms with E-state index < -0.39 is 0 Å². The van der Waals surface area contributed by atoms with E-state index in [0.717, 1.165) is 15.9 Å². The molecule has 1 aromatic heterocycles. The van der Waals surface area contributed by atoms with Crippen molar-refractivity contribution in [2.24, 2.45) is 0 Å². The van der Waals surface area contributed by atoms with Crippen LogP contribution in [0.2, 0.25) is 0 Å². The molecule has 0 amide bonds. The molecule has 1 heterocycles. The molecule has 110 valence electrons. The molecule has 5 heteroatoms. The highest BCUT2D eigenvalue weighted by atomic mass is 79.9. The number of nitrogens with zero attached hydrogens (tertiary/aromatic N) is 1. The second-order valence-corrected chi connectivity index (χ2v) is 5.39. The van der Waals surface area contributed by atoms with Crippen molar-refractivity contribution in [1.82, 2.24) is 4.98 Å². The Hall–Kier alpha value is -1.88. The third-order valence-electron chi connectivity index (χ3n) is 2.98. The number of nitrogens with one attached hydrogen (secondary N) is 1. The highest BCUT2D eigenvalue weighted by Gasteiger charge is 2.12. The summed E-state index contributed by atoms with van der Waals surface area (Å²) in [4.78, 5) is 16.0. The molecule has 4 nitrogen and oxygen atoms in total. The number of hydrogen-bond acceptors (Lipinski definition) is 4. The van der Waals surface area contributed by atoms with Crippen molar-refractivity contribution in [3.05, 3.63) is 58.3 Å². The minimum Gasteiger partial charge on any atom is -0.462 e. The summed E-state index contributed by atoms with van der Waals surface area (Å²) in [6, 6.07) is 11.2. The number of anilines is 1. The maximum absolute atomic E-state index is 11.7. The quantitative estimate of drug-likeness (QED) is 0.823. The number of rotatable bonds is 5. The Balaban J connectivity index is 2.13. The summed E-state index contributed by atoms with van der Waals surface area (Å²) < 4.78 is 5.80. The van der Waals surface area contributed by atoms with Gasteiger partial charge in [-0.3, -0.25) is 4.98 Å². The Bertz CT molecular complexity index is 617. The predicted molar refractivity (Wildman–Crippen MR) is 86.4 cm³/mol. The van der Waals surface area contributed by atoms with Gasteiger partial charge < -0.3 is 10.1 Å². The molecule has 1 atom stereocenters. The number of ether oxygens (including phenoxy) is 1. The van der Waals surface area contributed by atoms with Gasteiger partial charge in [0, 0.05) is 16.4 Å². The minimum absolute atomic E-state index is 0.0657. The van der Waals surface area contributed by atoms with Crippen LogP contribution in [0.25, 0.3) is 0 Å². The van der Waals surface area contributed by atoms with Gasteiger partial charge in [0.1, 0.15) is 0 Å². The summed E-state index contributed by atoms with van der Waals surface area (Å²) in [6.07, 6.45) is 1.77. The van der Waals surface area contributed by atoms with E-state index >= 15 is 0 Å². The van der Waals surface area contributed by atoms with Gasteiger partial charge in [-0.15, -0.1) is 0 Å². The molecule has 0 saturated carbocycles. The van der Waals surface area contributed by atoms with E-state index in [-0.39, 0.29) is 12.0 Å². The summed E-state index contributed by atoms with van der Waals surface area (Å²) in [5, 5.41) is 3.36. The summed E-state index contributed by atoms with van der Waals surface area (Å²) in [6.45, 7) is 4.19. The summed E-state index contributed by atoms with van der Waals surface area (Å²) in [5.74, 6) is -0.317. The second-order valence-electron chi connectivity index (χ2n) is 4.54. The Kier molecular flexibility index (Phi) is 5.33. The van der Waals surface area contributed by atoms with Gasteiger partial charge in [0.05, 0.1) is 23.9 Å². The zero-order valence-electron chi connectivity index (χ0n) is 12.0. The Labute approximate surface area is 132 Å². The topological polar surface area (TPSA) is 51.2 Å². The number of aromatic nitrogens is 1. The van der Waals surface area contributed by atoms with Crippen molar-refractivity contribution in [1.29, 1.82) is 0 Å². The second kappa shape index (κ2) is 7.22. The van der Waals surface area contributed by atoms with Crippen LogP contribution in [0.4, 0.5) is 5.69 Å². The van der Waals surface area contributed by atoms with Crippen molar-refractivity contribution in [3.63, 3.8) is 0 Å².